The van der Waals surface area contributed by atoms with E-state index in [-0.39, 0.29) is 0 Å². The van der Waals surface area contributed by atoms with Gasteiger partial charge in [0, 0.05) is 14.9 Å². The summed E-state index contributed by atoms with van der Waals surface area (Å²) in [5.41, 5.74) is 10.5. The normalized spacial score (nSPS) is 14.4. The van der Waals surface area contributed by atoms with Crippen molar-refractivity contribution in [1.82, 2.24) is 0 Å². The van der Waals surface area contributed by atoms with Gasteiger partial charge in [0.25, 0.3) is 0 Å². The van der Waals surface area contributed by atoms with Gasteiger partial charge in [0.1, 0.15) is 0 Å². The molecule has 0 atom stereocenters. The van der Waals surface area contributed by atoms with E-state index in [4.69, 9.17) is 0 Å². The molecule has 0 aromatic heterocycles. The predicted octanol–water partition coefficient (Wildman–Crippen LogP) is 7.84. The molecule has 2 heteroatoms. The zero-order valence-corrected chi connectivity index (χ0v) is 18.4. The predicted molar refractivity (Wildman–Crippen MR) is 121 cm³/mol. The molecule has 0 heterocycles. The molecule has 5 rings (SSSR count). The second kappa shape index (κ2) is 7.22. The molecule has 0 saturated carbocycles. The lowest BCUT2D eigenvalue weighted by atomic mass is 9.86. The summed E-state index contributed by atoms with van der Waals surface area (Å²) in [5.74, 6) is 0.516. The van der Waals surface area contributed by atoms with Crippen molar-refractivity contribution in [3.63, 3.8) is 0 Å². The number of aryl methyl sites for hydroxylation is 3. The van der Waals surface area contributed by atoms with Gasteiger partial charge in [-0.1, -0.05) is 68.6 Å². The van der Waals surface area contributed by atoms with Gasteiger partial charge in [-0.05, 0) is 95.3 Å². The number of hydrogen-bond donors (Lipinski definition) is 0. The Bertz CT molecular complexity index is 967. The molecule has 0 nitrogen and oxygen atoms in total. The van der Waals surface area contributed by atoms with Gasteiger partial charge < -0.3 is 0 Å². The molecule has 27 heavy (non-hydrogen) atoms. The highest BCUT2D eigenvalue weighted by Crippen LogP contribution is 2.48. The molecule has 0 radical (unpaired) electrons. The van der Waals surface area contributed by atoms with Crippen LogP contribution in [0.2, 0.25) is 0 Å². The van der Waals surface area contributed by atoms with Crippen molar-refractivity contribution in [2.75, 3.05) is 0 Å². The highest BCUT2D eigenvalue weighted by atomic mass is 79.9. The van der Waals surface area contributed by atoms with E-state index in [0.717, 1.165) is 0 Å². The van der Waals surface area contributed by atoms with E-state index in [2.05, 4.69) is 86.5 Å². The first-order valence-corrected chi connectivity index (χ1v) is 11.5. The monoisotopic (exact) mass is 480 g/mol. The van der Waals surface area contributed by atoms with Crippen LogP contribution in [-0.4, -0.2) is 0 Å². The molecule has 3 aromatic carbocycles. The van der Waals surface area contributed by atoms with Gasteiger partial charge in [0.2, 0.25) is 0 Å². The molecular formula is C25H22Br2. The minimum atomic E-state index is 0.516. The average Bonchev–Trinajstić information content (AvgIpc) is 2.93. The summed E-state index contributed by atoms with van der Waals surface area (Å²) in [4.78, 5) is 0. The fourth-order valence-corrected chi connectivity index (χ4v) is 5.45. The van der Waals surface area contributed by atoms with E-state index in [9.17, 15) is 0 Å². The Morgan fingerprint density at radius 3 is 1.96 bits per heavy atom. The first-order chi connectivity index (χ1) is 13.2. The smallest absolute Gasteiger partial charge is 0.0178 e. The fraction of sp³-hybridized carbons (Fsp3) is 0.280. The largest absolute Gasteiger partial charge is 0.0588 e. The van der Waals surface area contributed by atoms with Crippen molar-refractivity contribution in [3.05, 3.63) is 91.4 Å². The number of unbranched alkanes of at least 4 members (excludes halogenated alkanes) is 1. The maximum Gasteiger partial charge on any atom is 0.0178 e. The summed E-state index contributed by atoms with van der Waals surface area (Å²) in [5, 5.41) is 0. The molecule has 0 fully saturated rings. The summed E-state index contributed by atoms with van der Waals surface area (Å²) < 4.78 is 2.36. The van der Waals surface area contributed by atoms with Crippen LogP contribution in [0.25, 0.3) is 11.1 Å². The van der Waals surface area contributed by atoms with Gasteiger partial charge in [-0.15, -0.1) is 0 Å². The Hall–Kier alpha value is -1.38. The molecule has 0 spiro atoms. The second-order valence-corrected chi connectivity index (χ2v) is 9.70. The Morgan fingerprint density at radius 1 is 0.704 bits per heavy atom. The van der Waals surface area contributed by atoms with Crippen molar-refractivity contribution in [3.8, 4) is 11.1 Å². The third-order valence-corrected chi connectivity index (χ3v) is 7.20. The Morgan fingerprint density at radius 2 is 1.37 bits per heavy atom. The lowest BCUT2D eigenvalue weighted by Crippen LogP contribution is -2.08. The molecule has 0 unspecified atom stereocenters. The van der Waals surface area contributed by atoms with E-state index >= 15 is 0 Å². The summed E-state index contributed by atoms with van der Waals surface area (Å²) in [7, 11) is 0. The Kier molecular flexibility index (Phi) is 4.73. The lowest BCUT2D eigenvalue weighted by Gasteiger charge is -2.19. The summed E-state index contributed by atoms with van der Waals surface area (Å²) in [6.07, 6.45) is 7.51. The van der Waals surface area contributed by atoms with Crippen LogP contribution in [-0.2, 0) is 19.3 Å². The zero-order valence-electron chi connectivity index (χ0n) is 15.3. The van der Waals surface area contributed by atoms with Crippen molar-refractivity contribution in [2.45, 2.75) is 44.4 Å². The third-order valence-electron chi connectivity index (χ3n) is 6.21. The Balaban J connectivity index is 1.31. The topological polar surface area (TPSA) is 0 Å². The first kappa shape index (κ1) is 17.7. The number of rotatable bonds is 5. The van der Waals surface area contributed by atoms with Crippen molar-refractivity contribution < 1.29 is 0 Å². The first-order valence-electron chi connectivity index (χ1n) is 9.89. The molecule has 136 valence electrons. The van der Waals surface area contributed by atoms with Crippen LogP contribution in [0.5, 0.6) is 0 Å². The van der Waals surface area contributed by atoms with E-state index in [1.165, 1.54) is 75.3 Å². The minimum absolute atomic E-state index is 0.516. The minimum Gasteiger partial charge on any atom is -0.0588 e. The van der Waals surface area contributed by atoms with Crippen LogP contribution in [0.4, 0.5) is 0 Å². The molecular weight excluding hydrogens is 460 g/mol. The molecule has 0 N–H and O–H groups in total. The molecule has 0 bridgehead atoms. The number of hydrogen-bond acceptors (Lipinski definition) is 0. The van der Waals surface area contributed by atoms with Crippen LogP contribution >= 0.6 is 31.9 Å². The molecule has 2 aliphatic rings. The van der Waals surface area contributed by atoms with E-state index in [1.54, 1.807) is 11.1 Å². The van der Waals surface area contributed by atoms with Gasteiger partial charge >= 0.3 is 0 Å². The van der Waals surface area contributed by atoms with E-state index in [1.807, 2.05) is 0 Å². The van der Waals surface area contributed by atoms with Crippen LogP contribution in [0.3, 0.4) is 0 Å². The van der Waals surface area contributed by atoms with Crippen LogP contribution in [0.1, 0.15) is 53.0 Å². The second-order valence-electron chi connectivity index (χ2n) is 7.86. The van der Waals surface area contributed by atoms with Gasteiger partial charge in [0.15, 0.2) is 0 Å². The van der Waals surface area contributed by atoms with E-state index < -0.39 is 0 Å². The van der Waals surface area contributed by atoms with Gasteiger partial charge in [-0.3, -0.25) is 0 Å². The average molecular weight is 482 g/mol. The van der Waals surface area contributed by atoms with Gasteiger partial charge in [0.05, 0.1) is 0 Å². The van der Waals surface area contributed by atoms with Crippen molar-refractivity contribution in [2.24, 2.45) is 0 Å². The van der Waals surface area contributed by atoms with Crippen molar-refractivity contribution in [1.29, 1.82) is 0 Å². The Labute approximate surface area is 178 Å². The summed E-state index contributed by atoms with van der Waals surface area (Å²) >= 11 is 7.35. The number of benzene rings is 3. The molecule has 3 aromatic rings. The molecule has 0 saturated heterocycles. The van der Waals surface area contributed by atoms with E-state index in [0.29, 0.717) is 5.92 Å². The van der Waals surface area contributed by atoms with Gasteiger partial charge in [-0.25, -0.2) is 0 Å². The molecule has 0 aliphatic heterocycles. The lowest BCUT2D eigenvalue weighted by molar-refractivity contribution is 0.632. The fourth-order valence-electron chi connectivity index (χ4n) is 4.69. The maximum absolute atomic E-state index is 3.67. The maximum atomic E-state index is 3.67. The summed E-state index contributed by atoms with van der Waals surface area (Å²) in [6, 6.07) is 20.6. The highest BCUT2D eigenvalue weighted by molar-refractivity contribution is 9.10. The van der Waals surface area contributed by atoms with Crippen LogP contribution in [0, 0.1) is 0 Å². The molecule has 2 aliphatic carbocycles. The third kappa shape index (κ3) is 3.32. The quantitative estimate of drug-likeness (QED) is 0.325. The van der Waals surface area contributed by atoms with Gasteiger partial charge in [-0.2, -0.15) is 0 Å². The van der Waals surface area contributed by atoms with Crippen LogP contribution in [0.15, 0.2) is 63.5 Å². The summed E-state index contributed by atoms with van der Waals surface area (Å²) in [6.45, 7) is 0. The standard InChI is InChI=1S/C25H22Br2/c26-19-9-11-22-23-12-10-20(27)15-25(23)21(24(22)14-19)4-2-1-3-16-5-6-17-7-8-18(17)13-16/h5-6,9-15,21H,1-4,7-8H2. The number of fused-ring (bicyclic) bond motifs is 4. The zero-order chi connectivity index (χ0) is 18.4. The SMILES string of the molecule is Brc1ccc2c(c1)C(CCCCc1ccc3c(c1)CC3)c1cc(Br)ccc1-2. The van der Waals surface area contributed by atoms with Crippen molar-refractivity contribution >= 4 is 31.9 Å². The highest BCUT2D eigenvalue weighted by Gasteiger charge is 2.28. The number of halogens is 2. The van der Waals surface area contributed by atoms with Crippen LogP contribution < -0.4 is 0 Å². The molecule has 0 amide bonds.